The van der Waals surface area contributed by atoms with Crippen molar-refractivity contribution in [3.05, 3.63) is 24.3 Å². The van der Waals surface area contributed by atoms with Gasteiger partial charge in [0.1, 0.15) is 0 Å². The first kappa shape index (κ1) is 35.0. The Morgan fingerprint density at radius 3 is 1.66 bits per heavy atom. The van der Waals surface area contributed by atoms with Gasteiger partial charge in [-0.1, -0.05) is 33.4 Å². The van der Waals surface area contributed by atoms with Crippen molar-refractivity contribution in [3.8, 4) is 0 Å². The van der Waals surface area contributed by atoms with Crippen LogP contribution in [0.5, 0.6) is 0 Å². The molecule has 0 aromatic carbocycles. The molecule has 0 saturated heterocycles. The van der Waals surface area contributed by atoms with Crippen molar-refractivity contribution in [2.24, 2.45) is 23.5 Å². The zero-order chi connectivity index (χ0) is 28.9. The number of nitrogens with one attached hydrogen (secondary N) is 1. The first-order valence-corrected chi connectivity index (χ1v) is 13.6. The highest BCUT2D eigenvalue weighted by Crippen LogP contribution is 2.47. The average molecular weight is 545 g/mol. The van der Waals surface area contributed by atoms with Crippen LogP contribution in [0.2, 0.25) is 0 Å². The zero-order valence-corrected chi connectivity index (χ0v) is 23.7. The van der Waals surface area contributed by atoms with Crippen molar-refractivity contribution < 1.29 is 41.0 Å². The van der Waals surface area contributed by atoms with E-state index in [9.17, 15) is 19.2 Å². The van der Waals surface area contributed by atoms with Crippen LogP contribution in [0.4, 0.5) is 9.59 Å². The van der Waals surface area contributed by atoms with Crippen LogP contribution in [0, 0.1) is 17.8 Å². The molecule has 222 valence electrons. The number of rotatable bonds is 14. The van der Waals surface area contributed by atoms with Gasteiger partial charge in [0.2, 0.25) is 0 Å². The van der Waals surface area contributed by atoms with Crippen LogP contribution in [-0.2, 0) is 28.5 Å². The number of unbranched alkanes of at least 4 members (excludes halogenated alkanes) is 2. The summed E-state index contributed by atoms with van der Waals surface area (Å²) in [6.07, 6.45) is 6.81. The van der Waals surface area contributed by atoms with E-state index < -0.39 is 12.1 Å². The normalized spacial score (nSPS) is 18.5. The summed E-state index contributed by atoms with van der Waals surface area (Å²) in [6, 6.07) is 0. The molecule has 2 rings (SSSR count). The van der Waals surface area contributed by atoms with Gasteiger partial charge in [-0.2, -0.15) is 0 Å². The summed E-state index contributed by atoms with van der Waals surface area (Å²) in [5, 5.41) is 2.88. The highest BCUT2D eigenvalue weighted by molar-refractivity contribution is 5.87. The van der Waals surface area contributed by atoms with Gasteiger partial charge in [-0.3, -0.25) is 0 Å². The second kappa shape index (κ2) is 21.0. The smallest absolute Gasteiger partial charge is 0.407 e. The highest BCUT2D eigenvalue weighted by Gasteiger charge is 2.39. The Kier molecular flexibility index (Phi) is 19.3. The topological polar surface area (TPSA) is 143 Å². The lowest BCUT2D eigenvalue weighted by atomic mass is 9.89. The van der Waals surface area contributed by atoms with Gasteiger partial charge in [-0.05, 0) is 76.5 Å². The summed E-state index contributed by atoms with van der Waals surface area (Å²) in [4.78, 5) is 43.7. The third kappa shape index (κ3) is 16.7. The minimum Gasteiger partial charge on any atom is -0.462 e. The fraction of sp³-hybridized carbons (Fsp3) is 0.714. The molecule has 0 heterocycles. The molecule has 2 amide bonds. The molecule has 0 spiro atoms. The van der Waals surface area contributed by atoms with E-state index in [1.807, 2.05) is 13.8 Å². The molecule has 2 aliphatic rings. The summed E-state index contributed by atoms with van der Waals surface area (Å²) in [6.45, 7) is 16.1. The monoisotopic (exact) mass is 544 g/mol. The van der Waals surface area contributed by atoms with Gasteiger partial charge in [-0.25, -0.2) is 19.2 Å². The maximum absolute atomic E-state index is 11.6. The van der Waals surface area contributed by atoms with Crippen LogP contribution in [0.15, 0.2) is 24.3 Å². The molecule has 2 fully saturated rings. The third-order valence-electron chi connectivity index (χ3n) is 6.11. The largest absolute Gasteiger partial charge is 0.462 e. The molecule has 10 nitrogen and oxygen atoms in total. The average Bonchev–Trinajstić information content (AvgIpc) is 3.51. The number of primary amides is 1. The lowest BCUT2D eigenvalue weighted by Gasteiger charge is -2.21. The van der Waals surface area contributed by atoms with E-state index in [0.29, 0.717) is 62.6 Å². The highest BCUT2D eigenvalue weighted by atomic mass is 16.6. The van der Waals surface area contributed by atoms with Crippen LogP contribution >= 0.6 is 0 Å². The van der Waals surface area contributed by atoms with Gasteiger partial charge in [0, 0.05) is 20.5 Å². The van der Waals surface area contributed by atoms with Crippen LogP contribution in [0.3, 0.4) is 0 Å². The van der Waals surface area contributed by atoms with Crippen molar-refractivity contribution in [1.29, 1.82) is 0 Å². The quantitative estimate of drug-likeness (QED) is 0.125. The zero-order valence-electron chi connectivity index (χ0n) is 23.7. The van der Waals surface area contributed by atoms with Gasteiger partial charge in [-0.15, -0.1) is 0 Å². The summed E-state index contributed by atoms with van der Waals surface area (Å²) in [7, 11) is 0. The molecule has 0 aromatic heterocycles. The van der Waals surface area contributed by atoms with Crippen molar-refractivity contribution in [1.82, 2.24) is 5.32 Å². The number of hydrogen-bond donors (Lipinski definition) is 2. The van der Waals surface area contributed by atoms with E-state index in [4.69, 9.17) is 19.9 Å². The number of amides is 2. The molecule has 0 aromatic rings. The summed E-state index contributed by atoms with van der Waals surface area (Å²) >= 11 is 0. The SMILES string of the molecule is C=C(C)C(=O)OCCCCOC(=O)NCC1CC2CCC1C2.C=C(C)C(=O)OCCCCOC(N)=O.CC.[HH].[HH]. The molecule has 3 atom stereocenters. The number of fused-ring (bicyclic) bond motifs is 2. The van der Waals surface area contributed by atoms with E-state index in [2.05, 4.69) is 23.2 Å². The summed E-state index contributed by atoms with van der Waals surface area (Å²) < 4.78 is 19.4. The van der Waals surface area contributed by atoms with Crippen LogP contribution in [0.1, 0.15) is 81.9 Å². The van der Waals surface area contributed by atoms with E-state index in [1.165, 1.54) is 25.7 Å². The number of hydrogen-bond acceptors (Lipinski definition) is 8. The van der Waals surface area contributed by atoms with Gasteiger partial charge < -0.3 is 30.0 Å². The van der Waals surface area contributed by atoms with Crippen LogP contribution in [0.25, 0.3) is 0 Å². The fourth-order valence-corrected chi connectivity index (χ4v) is 4.21. The van der Waals surface area contributed by atoms with Crippen LogP contribution in [-0.4, -0.2) is 57.1 Å². The number of nitrogens with two attached hydrogens (primary N) is 1. The maximum Gasteiger partial charge on any atom is 0.407 e. The number of esters is 2. The number of carbonyl (C=O) groups is 4. The number of carbonyl (C=O) groups excluding carboxylic acids is 4. The van der Waals surface area contributed by atoms with Gasteiger partial charge in [0.25, 0.3) is 0 Å². The molecule has 38 heavy (non-hydrogen) atoms. The lowest BCUT2D eigenvalue weighted by molar-refractivity contribution is -0.140. The van der Waals surface area contributed by atoms with E-state index in [1.54, 1.807) is 13.8 Å². The minimum absolute atomic E-state index is 0. The molecule has 3 unspecified atom stereocenters. The Bertz CT molecular complexity index is 779. The standard InChI is InChI=1S/C17H27NO4.C9H15NO4.C2H6.2H2/c1-12(2)16(19)21-7-3-4-8-22-17(20)18-11-15-10-13-5-6-14(15)9-13;1-7(2)8(11)13-5-3-4-6-14-9(10)12;1-2;;/h13-15H,1,3-11H2,2H3,(H,18,20);1,3-6H2,2H3,(H2,10,12);1-2H3;2*1H. The van der Waals surface area contributed by atoms with Crippen molar-refractivity contribution in [2.75, 3.05) is 33.0 Å². The van der Waals surface area contributed by atoms with Crippen molar-refractivity contribution in [2.45, 2.75) is 79.1 Å². The predicted molar refractivity (Wildman–Crippen MR) is 149 cm³/mol. The Balaban J connectivity index is -0.000000668. The summed E-state index contributed by atoms with van der Waals surface area (Å²) in [5.74, 6) is 1.58. The Morgan fingerprint density at radius 1 is 0.789 bits per heavy atom. The van der Waals surface area contributed by atoms with Gasteiger partial charge >= 0.3 is 24.1 Å². The predicted octanol–water partition coefficient (Wildman–Crippen LogP) is 5.55. The van der Waals surface area contributed by atoms with E-state index in [0.717, 1.165) is 18.4 Å². The Morgan fingerprint density at radius 2 is 1.26 bits per heavy atom. The molecule has 2 aliphatic carbocycles. The number of alkyl carbamates (subject to hydrolysis) is 1. The van der Waals surface area contributed by atoms with Crippen molar-refractivity contribution in [3.63, 3.8) is 0 Å². The molecule has 0 aliphatic heterocycles. The van der Waals surface area contributed by atoms with Gasteiger partial charge in [0.15, 0.2) is 0 Å². The molecule has 3 N–H and O–H groups in total. The molecule has 2 bridgehead atoms. The number of ether oxygens (including phenoxy) is 4. The fourth-order valence-electron chi connectivity index (χ4n) is 4.21. The molecular weight excluding hydrogens is 492 g/mol. The molecule has 2 saturated carbocycles. The Labute approximate surface area is 230 Å². The molecule has 0 radical (unpaired) electrons. The third-order valence-corrected chi connectivity index (χ3v) is 6.11. The molecule has 10 heteroatoms. The first-order valence-electron chi connectivity index (χ1n) is 13.6. The lowest BCUT2D eigenvalue weighted by Crippen LogP contribution is -2.32. The van der Waals surface area contributed by atoms with E-state index >= 15 is 0 Å². The molecular formula is C28H52N2O8. The first-order chi connectivity index (χ1) is 18.1. The minimum atomic E-state index is -0.788. The second-order valence-corrected chi connectivity index (χ2v) is 9.37. The summed E-state index contributed by atoms with van der Waals surface area (Å²) in [5.41, 5.74) is 5.51. The van der Waals surface area contributed by atoms with E-state index in [-0.39, 0.29) is 21.5 Å². The van der Waals surface area contributed by atoms with Crippen molar-refractivity contribution >= 4 is 24.1 Å². The van der Waals surface area contributed by atoms with Crippen LogP contribution < -0.4 is 11.1 Å². The Hall–Kier alpha value is -3.04. The second-order valence-electron chi connectivity index (χ2n) is 9.37. The maximum atomic E-state index is 11.6. The van der Waals surface area contributed by atoms with Gasteiger partial charge in [0.05, 0.1) is 26.4 Å².